The second-order valence-electron chi connectivity index (χ2n) is 19.6. The predicted octanol–water partition coefficient (Wildman–Crippen LogP) is 17.8. The highest BCUT2D eigenvalue weighted by atomic mass is 16.5. The smallest absolute Gasteiger partial charge is 0.306 e. The van der Waals surface area contributed by atoms with Crippen LogP contribution in [0.15, 0.2) is 0 Å². The molecule has 0 aliphatic rings. The molecule has 0 bridgehead atoms. The van der Waals surface area contributed by atoms with Gasteiger partial charge in [-0.2, -0.15) is 0 Å². The predicted molar refractivity (Wildman–Crippen MR) is 266 cm³/mol. The summed E-state index contributed by atoms with van der Waals surface area (Å²) in [5.74, 6) is 0.332. The number of hydrogen-bond acceptors (Lipinski definition) is 6. The molecule has 0 aromatic heterocycles. The summed E-state index contributed by atoms with van der Waals surface area (Å²) in [7, 11) is 0. The van der Waals surface area contributed by atoms with E-state index in [0.29, 0.717) is 18.6 Å². The van der Waals surface area contributed by atoms with Gasteiger partial charge in [0.2, 0.25) is 0 Å². The number of ether oxygens (including phenoxy) is 2. The summed E-state index contributed by atoms with van der Waals surface area (Å²) in [4.78, 5) is 36.7. The van der Waals surface area contributed by atoms with E-state index in [1.165, 1.54) is 173 Å². The molecule has 0 aliphatic carbocycles. The molecule has 6 nitrogen and oxygen atoms in total. The molecule has 3 unspecified atom stereocenters. The minimum Gasteiger partial charge on any atom is -0.462 e. The molecular weight excluding hydrogens is 769 g/mol. The van der Waals surface area contributed by atoms with E-state index in [-0.39, 0.29) is 30.3 Å². The third-order valence-electron chi connectivity index (χ3n) is 13.1. The lowest BCUT2D eigenvalue weighted by molar-refractivity contribution is -0.151. The maximum atomic E-state index is 12.8. The number of carbonyl (C=O) groups excluding carboxylic acids is 3. The zero-order valence-corrected chi connectivity index (χ0v) is 42.2. The molecule has 0 amide bonds. The Morgan fingerprint density at radius 2 is 0.548 bits per heavy atom. The normalized spacial score (nSPS) is 13.0. The minimum atomic E-state index is -0.0997. The number of rotatable bonds is 51. The lowest BCUT2D eigenvalue weighted by Crippen LogP contribution is -2.18. The van der Waals surface area contributed by atoms with Crippen LogP contribution in [0.2, 0.25) is 0 Å². The highest BCUT2D eigenvalue weighted by molar-refractivity contribution is 5.75. The standard InChI is InChI=1S/C56H108O6/c1-5-8-11-26-37-46-54(62-56(60)50-40-31-24-18-15-21-28-35-44-52(58)43-34-12-9-6-2)48-39-30-23-17-19-25-32-41-49-55(59)61-53(45-36-13-10-7-3)47-38-29-22-16-14-20-27-33-42-51(4)57/h52-54,58H,5-50H2,1-4H3. The molecular formula is C56H108O6. The zero-order valence-electron chi connectivity index (χ0n) is 42.2. The quantitative estimate of drug-likeness (QED) is 0.0484. The molecule has 1 N–H and O–H groups in total. The van der Waals surface area contributed by atoms with Crippen LogP contribution >= 0.6 is 0 Å². The van der Waals surface area contributed by atoms with Gasteiger partial charge in [0.25, 0.3) is 0 Å². The van der Waals surface area contributed by atoms with Crippen molar-refractivity contribution in [2.24, 2.45) is 0 Å². The molecule has 0 rings (SSSR count). The van der Waals surface area contributed by atoms with Crippen LogP contribution in [0.1, 0.15) is 323 Å². The van der Waals surface area contributed by atoms with Gasteiger partial charge in [0.1, 0.15) is 18.0 Å². The first-order chi connectivity index (χ1) is 30.3. The number of unbranched alkanes of at least 4 members (excludes halogenated alkanes) is 31. The number of ketones is 1. The van der Waals surface area contributed by atoms with Crippen LogP contribution in [0.3, 0.4) is 0 Å². The third-order valence-corrected chi connectivity index (χ3v) is 13.1. The Labute approximate surface area is 386 Å². The van der Waals surface area contributed by atoms with Crippen molar-refractivity contribution in [3.63, 3.8) is 0 Å². The fourth-order valence-corrected chi connectivity index (χ4v) is 8.96. The lowest BCUT2D eigenvalue weighted by Gasteiger charge is -2.18. The SMILES string of the molecule is CCCCCCCC(CCCCCCCCCCC(=O)OC(CCCCCC)CCCCCCCCCCC(C)=O)OC(=O)CCCCCCCCCCC(O)CCCCCC. The fraction of sp³-hybridized carbons (Fsp3) is 0.946. The lowest BCUT2D eigenvalue weighted by atomic mass is 10.0. The second kappa shape index (κ2) is 49.0. The van der Waals surface area contributed by atoms with Gasteiger partial charge in [0, 0.05) is 19.3 Å². The Hall–Kier alpha value is -1.43. The summed E-state index contributed by atoms with van der Waals surface area (Å²) in [5, 5.41) is 10.2. The summed E-state index contributed by atoms with van der Waals surface area (Å²) in [6, 6.07) is 0. The number of Topliss-reactive ketones (excluding diaryl/α,β-unsaturated/α-hetero) is 1. The van der Waals surface area contributed by atoms with Crippen LogP contribution < -0.4 is 0 Å². The minimum absolute atomic E-state index is 0.00912. The molecule has 0 fully saturated rings. The first-order valence-electron chi connectivity index (χ1n) is 27.9. The Bertz CT molecular complexity index is 951. The van der Waals surface area contributed by atoms with E-state index >= 15 is 0 Å². The van der Waals surface area contributed by atoms with Gasteiger partial charge in [-0.15, -0.1) is 0 Å². The molecule has 0 saturated carbocycles. The van der Waals surface area contributed by atoms with Crippen molar-refractivity contribution in [1.29, 1.82) is 0 Å². The zero-order chi connectivity index (χ0) is 45.4. The number of aliphatic hydroxyl groups is 1. The van der Waals surface area contributed by atoms with E-state index in [2.05, 4.69) is 20.8 Å². The summed E-state index contributed by atoms with van der Waals surface area (Å²) < 4.78 is 12.1. The van der Waals surface area contributed by atoms with Crippen LogP contribution in [0.4, 0.5) is 0 Å². The van der Waals surface area contributed by atoms with Gasteiger partial charge in [0.05, 0.1) is 6.10 Å². The first-order valence-corrected chi connectivity index (χ1v) is 27.9. The van der Waals surface area contributed by atoms with Crippen LogP contribution in [0.25, 0.3) is 0 Å². The maximum absolute atomic E-state index is 12.8. The van der Waals surface area contributed by atoms with Crippen LogP contribution in [0, 0.1) is 0 Å². The molecule has 0 radical (unpaired) electrons. The maximum Gasteiger partial charge on any atom is 0.306 e. The summed E-state index contributed by atoms with van der Waals surface area (Å²) in [6.45, 7) is 8.42. The van der Waals surface area contributed by atoms with Crippen molar-refractivity contribution in [1.82, 2.24) is 0 Å². The van der Waals surface area contributed by atoms with Crippen molar-refractivity contribution < 1.29 is 29.0 Å². The van der Waals surface area contributed by atoms with Gasteiger partial charge >= 0.3 is 11.9 Å². The molecule has 0 aromatic rings. The molecule has 0 aliphatic heterocycles. The molecule has 368 valence electrons. The fourth-order valence-electron chi connectivity index (χ4n) is 8.96. The van der Waals surface area contributed by atoms with E-state index in [1.807, 2.05) is 0 Å². The Balaban J connectivity index is 4.15. The van der Waals surface area contributed by atoms with Gasteiger partial charge in [0.15, 0.2) is 0 Å². The average molecular weight is 877 g/mol. The molecule has 62 heavy (non-hydrogen) atoms. The van der Waals surface area contributed by atoms with Gasteiger partial charge in [-0.05, 0) is 90.4 Å². The largest absolute Gasteiger partial charge is 0.462 e. The monoisotopic (exact) mass is 877 g/mol. The van der Waals surface area contributed by atoms with Crippen molar-refractivity contribution >= 4 is 17.7 Å². The highest BCUT2D eigenvalue weighted by Gasteiger charge is 2.16. The summed E-state index contributed by atoms with van der Waals surface area (Å²) in [5.41, 5.74) is 0. The highest BCUT2D eigenvalue weighted by Crippen LogP contribution is 2.21. The van der Waals surface area contributed by atoms with Crippen molar-refractivity contribution in [3.05, 3.63) is 0 Å². The summed E-state index contributed by atoms with van der Waals surface area (Å²) >= 11 is 0. The third kappa shape index (κ3) is 46.6. The number of aliphatic hydroxyl groups excluding tert-OH is 1. The first kappa shape index (κ1) is 60.6. The molecule has 0 heterocycles. The number of esters is 2. The second-order valence-corrected chi connectivity index (χ2v) is 19.6. The van der Waals surface area contributed by atoms with Gasteiger partial charge in [-0.3, -0.25) is 9.59 Å². The Morgan fingerprint density at radius 3 is 0.839 bits per heavy atom. The van der Waals surface area contributed by atoms with E-state index < -0.39 is 0 Å². The van der Waals surface area contributed by atoms with Crippen LogP contribution in [0.5, 0.6) is 0 Å². The molecule has 0 saturated heterocycles. The van der Waals surface area contributed by atoms with Crippen LogP contribution in [-0.2, 0) is 23.9 Å². The van der Waals surface area contributed by atoms with Crippen molar-refractivity contribution in [2.75, 3.05) is 0 Å². The van der Waals surface area contributed by atoms with Gasteiger partial charge in [-0.25, -0.2) is 0 Å². The van der Waals surface area contributed by atoms with Gasteiger partial charge in [-0.1, -0.05) is 213 Å². The molecule has 3 atom stereocenters. The summed E-state index contributed by atoms with van der Waals surface area (Å²) in [6.07, 6.45) is 52.3. The van der Waals surface area contributed by atoms with E-state index in [4.69, 9.17) is 9.47 Å². The topological polar surface area (TPSA) is 89.9 Å². The van der Waals surface area contributed by atoms with Crippen molar-refractivity contribution in [3.8, 4) is 0 Å². The number of hydrogen-bond donors (Lipinski definition) is 1. The van der Waals surface area contributed by atoms with Crippen molar-refractivity contribution in [2.45, 2.75) is 341 Å². The number of carbonyl (C=O) groups is 3. The van der Waals surface area contributed by atoms with Gasteiger partial charge < -0.3 is 19.4 Å². The molecule has 6 heteroatoms. The van der Waals surface area contributed by atoms with E-state index in [1.54, 1.807) is 6.92 Å². The van der Waals surface area contributed by atoms with E-state index in [0.717, 1.165) is 109 Å². The van der Waals surface area contributed by atoms with E-state index in [9.17, 15) is 19.5 Å². The Morgan fingerprint density at radius 1 is 0.323 bits per heavy atom. The molecule has 0 aromatic carbocycles. The van der Waals surface area contributed by atoms with Crippen LogP contribution in [-0.4, -0.2) is 41.1 Å². The Kier molecular flexibility index (Phi) is 47.9. The average Bonchev–Trinajstić information content (AvgIpc) is 3.25. The molecule has 0 spiro atoms.